The first kappa shape index (κ1) is 22.9. The highest BCUT2D eigenvalue weighted by Crippen LogP contribution is 2.29. The molecule has 1 N–H and O–H groups in total. The van der Waals surface area contributed by atoms with Gasteiger partial charge in [0.05, 0.1) is 5.02 Å². The van der Waals surface area contributed by atoms with Crippen molar-refractivity contribution in [1.29, 1.82) is 0 Å². The van der Waals surface area contributed by atoms with Crippen LogP contribution in [-0.2, 0) is 16.4 Å². The Hall–Kier alpha value is -1.19. The van der Waals surface area contributed by atoms with Gasteiger partial charge in [0.25, 0.3) is 5.89 Å². The molecule has 0 spiro atoms. The number of nitrogens with zero attached hydrogens (tertiary/aromatic N) is 3. The van der Waals surface area contributed by atoms with Gasteiger partial charge in [0.2, 0.25) is 10.0 Å². The second kappa shape index (κ2) is 9.66. The molecule has 1 aromatic heterocycles. The van der Waals surface area contributed by atoms with E-state index in [2.05, 4.69) is 15.5 Å². The zero-order valence-electron chi connectivity index (χ0n) is 15.2. The molecule has 1 atom stereocenters. The van der Waals surface area contributed by atoms with Crippen LogP contribution in [0.5, 0.6) is 0 Å². The van der Waals surface area contributed by atoms with Gasteiger partial charge in [0, 0.05) is 31.1 Å². The van der Waals surface area contributed by atoms with Gasteiger partial charge in [-0.15, -0.1) is 12.4 Å². The minimum absolute atomic E-state index is 0. The van der Waals surface area contributed by atoms with Crippen molar-refractivity contribution in [1.82, 2.24) is 19.8 Å². The van der Waals surface area contributed by atoms with Crippen molar-refractivity contribution in [3.8, 4) is 11.5 Å². The monoisotopic (exact) mass is 422 g/mol. The largest absolute Gasteiger partial charge is 0.334 e. The first-order valence-corrected chi connectivity index (χ1v) is 9.95. The Morgan fingerprint density at radius 1 is 1.31 bits per heavy atom. The first-order valence-electron chi connectivity index (χ1n) is 8.13. The normalized spacial score (nSPS) is 12.8. The second-order valence-electron chi connectivity index (χ2n) is 5.64. The van der Waals surface area contributed by atoms with Crippen molar-refractivity contribution in [2.45, 2.75) is 38.1 Å². The van der Waals surface area contributed by atoms with Crippen LogP contribution in [0, 0.1) is 0 Å². The Bertz CT molecular complexity index is 823. The molecule has 1 heterocycles. The first-order chi connectivity index (χ1) is 11.8. The van der Waals surface area contributed by atoms with E-state index in [9.17, 15) is 8.42 Å². The lowest BCUT2D eigenvalue weighted by Crippen LogP contribution is -2.30. The average molecular weight is 423 g/mol. The molecule has 1 unspecified atom stereocenters. The van der Waals surface area contributed by atoms with E-state index in [1.807, 2.05) is 14.0 Å². The van der Waals surface area contributed by atoms with Crippen molar-refractivity contribution >= 4 is 34.0 Å². The molecule has 2 rings (SSSR count). The lowest BCUT2D eigenvalue weighted by atomic mass is 10.2. The molecule has 0 aliphatic carbocycles. The summed E-state index contributed by atoms with van der Waals surface area (Å²) in [6.07, 6.45) is 0.609. The maximum atomic E-state index is 12.8. The summed E-state index contributed by atoms with van der Waals surface area (Å²) in [5.41, 5.74) is 0.519. The van der Waals surface area contributed by atoms with Crippen LogP contribution in [0.1, 0.15) is 26.6 Å². The lowest BCUT2D eigenvalue weighted by Gasteiger charge is -2.19. The van der Waals surface area contributed by atoms with Gasteiger partial charge >= 0.3 is 0 Å². The number of hydrogen-bond acceptors (Lipinski definition) is 6. The fraction of sp³-hybridized carbons (Fsp3) is 0.500. The van der Waals surface area contributed by atoms with Crippen molar-refractivity contribution in [3.05, 3.63) is 29.0 Å². The number of halogens is 2. The van der Waals surface area contributed by atoms with Crippen LogP contribution in [0.15, 0.2) is 27.6 Å². The van der Waals surface area contributed by atoms with E-state index in [1.165, 1.54) is 16.4 Å². The van der Waals surface area contributed by atoms with Crippen LogP contribution in [0.3, 0.4) is 0 Å². The SMILES string of the molecule is CCN(CC)S(=O)(=O)c1cc(-c2nc(CC(C)NC)no2)ccc1Cl.Cl. The van der Waals surface area contributed by atoms with E-state index >= 15 is 0 Å². The number of aromatic nitrogens is 2. The standard InChI is InChI=1S/C16H23ClN4O3S.ClH/c1-5-21(6-2)25(22,23)14-10-12(7-8-13(14)17)16-19-15(20-24-16)9-11(3)18-4;/h7-8,10-11,18H,5-6,9H2,1-4H3;1H. The van der Waals surface area contributed by atoms with Crippen LogP contribution in [0.25, 0.3) is 11.5 Å². The minimum Gasteiger partial charge on any atom is -0.334 e. The molecule has 0 bridgehead atoms. The summed E-state index contributed by atoms with van der Waals surface area (Å²) in [6, 6.07) is 4.89. The zero-order valence-corrected chi connectivity index (χ0v) is 17.6. The maximum Gasteiger partial charge on any atom is 0.257 e. The van der Waals surface area contributed by atoms with Gasteiger partial charge in [-0.25, -0.2) is 8.42 Å². The maximum absolute atomic E-state index is 12.8. The predicted molar refractivity (Wildman–Crippen MR) is 104 cm³/mol. The molecular formula is C16H24Cl2N4O3S. The zero-order chi connectivity index (χ0) is 18.6. The highest BCUT2D eigenvalue weighted by Gasteiger charge is 2.25. The topological polar surface area (TPSA) is 88.3 Å². The molecule has 0 saturated heterocycles. The third-order valence-electron chi connectivity index (χ3n) is 3.95. The highest BCUT2D eigenvalue weighted by atomic mass is 35.5. The van der Waals surface area contributed by atoms with Gasteiger partial charge in [-0.1, -0.05) is 30.6 Å². The van der Waals surface area contributed by atoms with Crippen molar-refractivity contribution in [3.63, 3.8) is 0 Å². The fourth-order valence-electron chi connectivity index (χ4n) is 2.37. The van der Waals surface area contributed by atoms with E-state index in [-0.39, 0.29) is 34.3 Å². The molecule has 2 aromatic rings. The fourth-order valence-corrected chi connectivity index (χ4v) is 4.33. The molecule has 0 amide bonds. The minimum atomic E-state index is -3.68. The highest BCUT2D eigenvalue weighted by molar-refractivity contribution is 7.89. The summed E-state index contributed by atoms with van der Waals surface area (Å²) < 4.78 is 32.1. The Morgan fingerprint density at radius 3 is 2.54 bits per heavy atom. The number of likely N-dealkylation sites (N-methyl/N-ethyl adjacent to an activating group) is 1. The Kier molecular flexibility index (Phi) is 8.49. The van der Waals surface area contributed by atoms with E-state index in [0.717, 1.165) is 0 Å². The third kappa shape index (κ3) is 4.95. The van der Waals surface area contributed by atoms with Gasteiger partial charge in [-0.3, -0.25) is 0 Å². The molecular weight excluding hydrogens is 399 g/mol. The number of benzene rings is 1. The van der Waals surface area contributed by atoms with E-state index in [0.29, 0.717) is 30.9 Å². The summed E-state index contributed by atoms with van der Waals surface area (Å²) in [7, 11) is -1.82. The molecule has 0 aliphatic heterocycles. The average Bonchev–Trinajstić information content (AvgIpc) is 3.04. The van der Waals surface area contributed by atoms with Gasteiger partial charge in [0.15, 0.2) is 5.82 Å². The summed E-state index contributed by atoms with van der Waals surface area (Å²) in [5.74, 6) is 0.825. The van der Waals surface area contributed by atoms with Crippen molar-refractivity contribution in [2.24, 2.45) is 0 Å². The molecule has 146 valence electrons. The second-order valence-corrected chi connectivity index (χ2v) is 7.96. The molecule has 0 aliphatic rings. The molecule has 0 fully saturated rings. The van der Waals surface area contributed by atoms with Crippen molar-refractivity contribution < 1.29 is 12.9 Å². The van der Waals surface area contributed by atoms with Crippen LogP contribution in [0.2, 0.25) is 5.02 Å². The molecule has 0 radical (unpaired) electrons. The van der Waals surface area contributed by atoms with Crippen LogP contribution in [0.4, 0.5) is 0 Å². The van der Waals surface area contributed by atoms with Gasteiger partial charge in [0.1, 0.15) is 4.90 Å². The van der Waals surface area contributed by atoms with Crippen molar-refractivity contribution in [2.75, 3.05) is 20.1 Å². The van der Waals surface area contributed by atoms with Crippen LogP contribution < -0.4 is 5.32 Å². The molecule has 0 saturated carbocycles. The van der Waals surface area contributed by atoms with Gasteiger partial charge in [-0.2, -0.15) is 9.29 Å². The van der Waals surface area contributed by atoms with Crippen LogP contribution >= 0.6 is 24.0 Å². The molecule has 26 heavy (non-hydrogen) atoms. The molecule has 7 nitrogen and oxygen atoms in total. The number of rotatable bonds is 8. The number of hydrogen-bond donors (Lipinski definition) is 1. The number of nitrogens with one attached hydrogen (secondary N) is 1. The van der Waals surface area contributed by atoms with E-state index < -0.39 is 10.0 Å². The lowest BCUT2D eigenvalue weighted by molar-refractivity contribution is 0.418. The Balaban J connectivity index is 0.00000338. The summed E-state index contributed by atoms with van der Waals surface area (Å²) in [6.45, 7) is 6.31. The summed E-state index contributed by atoms with van der Waals surface area (Å²) in [5, 5.41) is 7.21. The summed E-state index contributed by atoms with van der Waals surface area (Å²) in [4.78, 5) is 4.38. The molecule has 1 aromatic carbocycles. The third-order valence-corrected chi connectivity index (χ3v) is 6.48. The quantitative estimate of drug-likeness (QED) is 0.702. The Morgan fingerprint density at radius 2 is 1.96 bits per heavy atom. The Labute approximate surface area is 165 Å². The van der Waals surface area contributed by atoms with Crippen LogP contribution in [-0.4, -0.2) is 49.0 Å². The molecule has 10 heteroatoms. The van der Waals surface area contributed by atoms with E-state index in [4.69, 9.17) is 16.1 Å². The predicted octanol–water partition coefficient (Wildman–Crippen LogP) is 2.99. The summed E-state index contributed by atoms with van der Waals surface area (Å²) >= 11 is 6.14. The number of sulfonamides is 1. The van der Waals surface area contributed by atoms with E-state index in [1.54, 1.807) is 19.9 Å². The van der Waals surface area contributed by atoms with Gasteiger partial charge in [-0.05, 0) is 32.2 Å². The smallest absolute Gasteiger partial charge is 0.257 e. The van der Waals surface area contributed by atoms with Gasteiger partial charge < -0.3 is 9.84 Å².